The predicted molar refractivity (Wildman–Crippen MR) is 55.3 cm³/mol. The van der Waals surface area contributed by atoms with E-state index in [0.29, 0.717) is 6.04 Å². The van der Waals surface area contributed by atoms with Crippen molar-refractivity contribution in [3.63, 3.8) is 0 Å². The fourth-order valence-electron chi connectivity index (χ4n) is 0.991. The van der Waals surface area contributed by atoms with Gasteiger partial charge in [0, 0.05) is 6.04 Å². The molecule has 0 bridgehead atoms. The summed E-state index contributed by atoms with van der Waals surface area (Å²) in [6.07, 6.45) is 5.40. The first-order valence-corrected chi connectivity index (χ1v) is 5.47. The summed E-state index contributed by atoms with van der Waals surface area (Å²) < 4.78 is 0. The molecule has 0 aromatic heterocycles. The average molecular weight is 173 g/mol. The van der Waals surface area contributed by atoms with Crippen LogP contribution in [-0.4, -0.2) is 36.5 Å². The minimum Gasteiger partial charge on any atom is -0.300 e. The third-order valence-corrected chi connectivity index (χ3v) is 2.60. The van der Waals surface area contributed by atoms with E-state index in [-0.39, 0.29) is 0 Å². The van der Waals surface area contributed by atoms with Gasteiger partial charge < -0.3 is 4.90 Å². The zero-order valence-corrected chi connectivity index (χ0v) is 8.66. The lowest BCUT2D eigenvalue weighted by Crippen LogP contribution is -2.29. The van der Waals surface area contributed by atoms with Gasteiger partial charge >= 0.3 is 0 Å². The summed E-state index contributed by atoms with van der Waals surface area (Å²) in [6, 6.07) is 0.562. The van der Waals surface area contributed by atoms with Gasteiger partial charge in [0.25, 0.3) is 0 Å². The maximum atomic E-state index is 3.83. The second-order valence-electron chi connectivity index (χ2n) is 2.66. The zero-order valence-electron chi connectivity index (χ0n) is 7.84. The van der Waals surface area contributed by atoms with Crippen LogP contribution in [0.15, 0.2) is 12.7 Å². The van der Waals surface area contributed by atoms with Crippen molar-refractivity contribution in [1.82, 2.24) is 4.90 Å². The monoisotopic (exact) mass is 173 g/mol. The third kappa shape index (κ3) is 4.49. The fraction of sp³-hybridized carbons (Fsp3) is 0.778. The van der Waals surface area contributed by atoms with Gasteiger partial charge in [0.15, 0.2) is 0 Å². The van der Waals surface area contributed by atoms with E-state index in [4.69, 9.17) is 0 Å². The maximum absolute atomic E-state index is 3.83. The van der Waals surface area contributed by atoms with Crippen LogP contribution < -0.4 is 0 Å². The van der Waals surface area contributed by atoms with Gasteiger partial charge in [-0.3, -0.25) is 0 Å². The first-order valence-electron chi connectivity index (χ1n) is 4.08. The van der Waals surface area contributed by atoms with Crippen LogP contribution in [0.5, 0.6) is 0 Å². The van der Waals surface area contributed by atoms with Gasteiger partial charge in [-0.15, -0.1) is 6.58 Å². The Morgan fingerprint density at radius 2 is 2.27 bits per heavy atom. The van der Waals surface area contributed by atoms with Gasteiger partial charge in [0.1, 0.15) is 0 Å². The molecule has 2 heteroatoms. The average Bonchev–Trinajstić information content (AvgIpc) is 2.05. The highest BCUT2D eigenvalue weighted by Crippen LogP contribution is 2.06. The van der Waals surface area contributed by atoms with Crippen molar-refractivity contribution in [3.05, 3.63) is 12.7 Å². The molecule has 11 heavy (non-hydrogen) atoms. The molecule has 0 spiro atoms. The number of likely N-dealkylation sites (N-methyl/N-ethyl adjacent to an activating group) is 1. The quantitative estimate of drug-likeness (QED) is 0.567. The Balaban J connectivity index is 3.65. The topological polar surface area (TPSA) is 3.24 Å². The van der Waals surface area contributed by atoms with Crippen LogP contribution in [0.3, 0.4) is 0 Å². The molecule has 0 fully saturated rings. The molecule has 1 atom stereocenters. The number of thioether (sulfide) groups is 1. The Labute approximate surface area is 74.9 Å². The molecule has 0 rings (SSSR count). The first kappa shape index (κ1) is 11.1. The van der Waals surface area contributed by atoms with E-state index in [1.54, 1.807) is 0 Å². The number of nitrogens with zero attached hydrogens (tertiary/aromatic N) is 1. The van der Waals surface area contributed by atoms with Crippen molar-refractivity contribution in [2.75, 3.05) is 25.6 Å². The zero-order chi connectivity index (χ0) is 8.69. The largest absolute Gasteiger partial charge is 0.300 e. The lowest BCUT2D eigenvalue weighted by Gasteiger charge is -2.23. The highest BCUT2D eigenvalue weighted by molar-refractivity contribution is 7.98. The van der Waals surface area contributed by atoms with Crippen LogP contribution in [-0.2, 0) is 0 Å². The van der Waals surface area contributed by atoms with Crippen molar-refractivity contribution >= 4 is 11.8 Å². The molecule has 0 saturated carbocycles. The normalized spacial score (nSPS) is 13.5. The molecule has 0 aromatic rings. The van der Waals surface area contributed by atoms with Crippen LogP contribution in [0.1, 0.15) is 13.3 Å². The molecule has 0 radical (unpaired) electrons. The third-order valence-electron chi connectivity index (χ3n) is 1.95. The van der Waals surface area contributed by atoms with Crippen LogP contribution in [0.2, 0.25) is 0 Å². The standard InChI is InChI=1S/C9H19NS/c1-5-9(7-8-11-4)10(3)6-2/h5,9H,1,6-8H2,2-4H3. The molecule has 0 aromatic carbocycles. The van der Waals surface area contributed by atoms with Crippen LogP contribution in [0, 0.1) is 0 Å². The van der Waals surface area contributed by atoms with E-state index >= 15 is 0 Å². The Morgan fingerprint density at radius 3 is 2.64 bits per heavy atom. The second kappa shape index (κ2) is 6.74. The maximum Gasteiger partial charge on any atom is 0.0280 e. The second-order valence-corrected chi connectivity index (χ2v) is 3.64. The van der Waals surface area contributed by atoms with Gasteiger partial charge in [-0.2, -0.15) is 11.8 Å². The van der Waals surface area contributed by atoms with Gasteiger partial charge in [0.05, 0.1) is 0 Å². The van der Waals surface area contributed by atoms with Crippen LogP contribution in [0.25, 0.3) is 0 Å². The van der Waals surface area contributed by atoms with Gasteiger partial charge in [0.2, 0.25) is 0 Å². The van der Waals surface area contributed by atoms with E-state index in [2.05, 4.69) is 31.7 Å². The lowest BCUT2D eigenvalue weighted by molar-refractivity contribution is 0.292. The molecule has 0 amide bonds. The SMILES string of the molecule is C=CC(CCSC)N(C)CC. The van der Waals surface area contributed by atoms with Gasteiger partial charge in [-0.25, -0.2) is 0 Å². The van der Waals surface area contributed by atoms with Crippen molar-refractivity contribution in [2.24, 2.45) is 0 Å². The van der Waals surface area contributed by atoms with E-state index in [1.807, 2.05) is 17.8 Å². The van der Waals surface area contributed by atoms with Crippen molar-refractivity contribution < 1.29 is 0 Å². The minimum atomic E-state index is 0.562. The fourth-order valence-corrected chi connectivity index (χ4v) is 1.47. The Kier molecular flexibility index (Phi) is 6.77. The predicted octanol–water partition coefficient (Wildman–Crippen LogP) is 2.25. The Hall–Kier alpha value is 0.0500. The molecule has 1 unspecified atom stereocenters. The summed E-state index contributed by atoms with van der Waals surface area (Å²) in [5.41, 5.74) is 0. The number of hydrogen-bond acceptors (Lipinski definition) is 2. The summed E-state index contributed by atoms with van der Waals surface area (Å²) in [7, 11) is 2.15. The highest BCUT2D eigenvalue weighted by Gasteiger charge is 2.07. The summed E-state index contributed by atoms with van der Waals surface area (Å²) in [6.45, 7) is 7.11. The number of rotatable bonds is 6. The molecule has 66 valence electrons. The molecule has 0 heterocycles. The van der Waals surface area contributed by atoms with Crippen LogP contribution >= 0.6 is 11.8 Å². The summed E-state index contributed by atoms with van der Waals surface area (Å²) in [4.78, 5) is 2.32. The van der Waals surface area contributed by atoms with Gasteiger partial charge in [-0.05, 0) is 32.0 Å². The summed E-state index contributed by atoms with van der Waals surface area (Å²) in [5, 5.41) is 0. The van der Waals surface area contributed by atoms with E-state index < -0.39 is 0 Å². The molecule has 0 aliphatic rings. The van der Waals surface area contributed by atoms with Crippen molar-refractivity contribution in [2.45, 2.75) is 19.4 Å². The smallest absolute Gasteiger partial charge is 0.0280 e. The molecular formula is C9H19NS. The van der Waals surface area contributed by atoms with Crippen LogP contribution in [0.4, 0.5) is 0 Å². The molecule has 0 aliphatic carbocycles. The van der Waals surface area contributed by atoms with Crippen molar-refractivity contribution in [3.8, 4) is 0 Å². The molecular weight excluding hydrogens is 154 g/mol. The Morgan fingerprint density at radius 1 is 1.64 bits per heavy atom. The summed E-state index contributed by atoms with van der Waals surface area (Å²) >= 11 is 1.90. The van der Waals surface area contributed by atoms with Crippen molar-refractivity contribution in [1.29, 1.82) is 0 Å². The minimum absolute atomic E-state index is 0.562. The first-order chi connectivity index (χ1) is 5.26. The summed E-state index contributed by atoms with van der Waals surface area (Å²) in [5.74, 6) is 1.22. The number of hydrogen-bond donors (Lipinski definition) is 0. The molecule has 0 aliphatic heterocycles. The van der Waals surface area contributed by atoms with E-state index in [1.165, 1.54) is 12.2 Å². The molecule has 1 nitrogen and oxygen atoms in total. The van der Waals surface area contributed by atoms with Gasteiger partial charge in [-0.1, -0.05) is 13.0 Å². The van der Waals surface area contributed by atoms with E-state index in [9.17, 15) is 0 Å². The lowest BCUT2D eigenvalue weighted by atomic mass is 10.2. The molecule has 0 N–H and O–H groups in total. The highest BCUT2D eigenvalue weighted by atomic mass is 32.2. The Bertz CT molecular complexity index is 104. The van der Waals surface area contributed by atoms with E-state index in [0.717, 1.165) is 6.54 Å². The molecule has 0 saturated heterocycles.